The van der Waals surface area contributed by atoms with Crippen LogP contribution in [0, 0.1) is 5.82 Å². The number of hydrogen-bond acceptors (Lipinski definition) is 4. The molecule has 1 saturated heterocycles. The Kier molecular flexibility index (Phi) is 4.22. The predicted octanol–water partition coefficient (Wildman–Crippen LogP) is 2.08. The van der Waals surface area contributed by atoms with Crippen molar-refractivity contribution in [2.45, 2.75) is 31.4 Å². The van der Waals surface area contributed by atoms with Gasteiger partial charge in [-0.15, -0.1) is 0 Å². The van der Waals surface area contributed by atoms with E-state index in [9.17, 15) is 9.18 Å². The number of rotatable bonds is 3. The fourth-order valence-electron chi connectivity index (χ4n) is 3.39. The SMILES string of the molecule is COC(=O)C[C@@H]1CN([C@H]2CCc3c(F)cccc32)CCO1. The summed E-state index contributed by atoms with van der Waals surface area (Å²) in [7, 11) is 1.39. The number of halogens is 1. The molecule has 0 amide bonds. The van der Waals surface area contributed by atoms with Gasteiger partial charge in [-0.1, -0.05) is 12.1 Å². The van der Waals surface area contributed by atoms with Crippen LogP contribution < -0.4 is 0 Å². The quantitative estimate of drug-likeness (QED) is 0.800. The molecule has 1 heterocycles. The van der Waals surface area contributed by atoms with Crippen LogP contribution in [-0.2, 0) is 20.7 Å². The van der Waals surface area contributed by atoms with Crippen molar-refractivity contribution in [3.63, 3.8) is 0 Å². The summed E-state index contributed by atoms with van der Waals surface area (Å²) in [6.07, 6.45) is 1.85. The average Bonchev–Trinajstić information content (AvgIpc) is 2.93. The zero-order valence-corrected chi connectivity index (χ0v) is 12.2. The molecule has 21 heavy (non-hydrogen) atoms. The Labute approximate surface area is 123 Å². The Balaban J connectivity index is 1.71. The van der Waals surface area contributed by atoms with Crippen LogP contribution in [0.4, 0.5) is 4.39 Å². The van der Waals surface area contributed by atoms with E-state index in [-0.39, 0.29) is 30.4 Å². The van der Waals surface area contributed by atoms with Gasteiger partial charge >= 0.3 is 5.97 Å². The maximum Gasteiger partial charge on any atom is 0.308 e. The summed E-state index contributed by atoms with van der Waals surface area (Å²) in [5.41, 5.74) is 1.94. The molecule has 0 aromatic heterocycles. The van der Waals surface area contributed by atoms with Gasteiger partial charge in [-0.05, 0) is 30.0 Å². The summed E-state index contributed by atoms with van der Waals surface area (Å²) >= 11 is 0. The molecule has 2 aliphatic rings. The lowest BCUT2D eigenvalue weighted by Gasteiger charge is -2.36. The van der Waals surface area contributed by atoms with Crippen LogP contribution in [0.5, 0.6) is 0 Å². The van der Waals surface area contributed by atoms with Gasteiger partial charge in [0.05, 0.1) is 26.2 Å². The zero-order chi connectivity index (χ0) is 14.8. The first-order valence-electron chi connectivity index (χ1n) is 7.39. The first-order chi connectivity index (χ1) is 10.2. The highest BCUT2D eigenvalue weighted by atomic mass is 19.1. The molecule has 2 atom stereocenters. The van der Waals surface area contributed by atoms with Gasteiger partial charge in [0.25, 0.3) is 0 Å². The van der Waals surface area contributed by atoms with Crippen molar-refractivity contribution in [3.05, 3.63) is 35.1 Å². The van der Waals surface area contributed by atoms with E-state index in [1.165, 1.54) is 13.2 Å². The molecule has 1 aliphatic heterocycles. The number of carbonyl (C=O) groups excluding carboxylic acids is 1. The molecular formula is C16H20FNO3. The Hall–Kier alpha value is -1.46. The molecular weight excluding hydrogens is 273 g/mol. The van der Waals surface area contributed by atoms with Crippen molar-refractivity contribution in [2.75, 3.05) is 26.8 Å². The van der Waals surface area contributed by atoms with Crippen LogP contribution in [0.1, 0.15) is 30.0 Å². The van der Waals surface area contributed by atoms with Gasteiger partial charge in [-0.25, -0.2) is 4.39 Å². The highest BCUT2D eigenvalue weighted by Crippen LogP contribution is 2.37. The number of nitrogens with zero attached hydrogens (tertiary/aromatic N) is 1. The van der Waals surface area contributed by atoms with E-state index in [1.807, 2.05) is 6.07 Å². The summed E-state index contributed by atoms with van der Waals surface area (Å²) in [5.74, 6) is -0.353. The lowest BCUT2D eigenvalue weighted by Crippen LogP contribution is -2.44. The van der Waals surface area contributed by atoms with Crippen molar-refractivity contribution < 1.29 is 18.7 Å². The van der Waals surface area contributed by atoms with Crippen LogP contribution >= 0.6 is 0 Å². The third kappa shape index (κ3) is 2.94. The third-order valence-electron chi connectivity index (χ3n) is 4.41. The topological polar surface area (TPSA) is 38.8 Å². The van der Waals surface area contributed by atoms with Crippen molar-refractivity contribution in [1.29, 1.82) is 0 Å². The van der Waals surface area contributed by atoms with Crippen LogP contribution in [0.25, 0.3) is 0 Å². The molecule has 3 rings (SSSR count). The van der Waals surface area contributed by atoms with Gasteiger partial charge in [0.15, 0.2) is 0 Å². The molecule has 5 heteroatoms. The number of esters is 1. The molecule has 4 nitrogen and oxygen atoms in total. The second-order valence-electron chi connectivity index (χ2n) is 5.63. The number of fused-ring (bicyclic) bond motifs is 1. The van der Waals surface area contributed by atoms with E-state index in [2.05, 4.69) is 4.90 Å². The summed E-state index contributed by atoms with van der Waals surface area (Å²) in [4.78, 5) is 13.7. The van der Waals surface area contributed by atoms with Crippen LogP contribution in [-0.4, -0.2) is 43.8 Å². The van der Waals surface area contributed by atoms with Crippen LogP contribution in [0.2, 0.25) is 0 Å². The van der Waals surface area contributed by atoms with E-state index in [0.29, 0.717) is 13.2 Å². The first kappa shape index (κ1) is 14.5. The highest BCUT2D eigenvalue weighted by Gasteiger charge is 2.33. The molecule has 114 valence electrons. The Morgan fingerprint density at radius 2 is 2.38 bits per heavy atom. The lowest BCUT2D eigenvalue weighted by atomic mass is 10.0. The fraction of sp³-hybridized carbons (Fsp3) is 0.562. The van der Waals surface area contributed by atoms with Crippen molar-refractivity contribution in [2.24, 2.45) is 0 Å². The molecule has 0 unspecified atom stereocenters. The van der Waals surface area contributed by atoms with Gasteiger partial charge in [0.1, 0.15) is 5.82 Å². The molecule has 0 N–H and O–H groups in total. The minimum atomic E-state index is -0.250. The molecule has 0 saturated carbocycles. The average molecular weight is 293 g/mol. The fourth-order valence-corrected chi connectivity index (χ4v) is 3.39. The molecule has 0 bridgehead atoms. The highest BCUT2D eigenvalue weighted by molar-refractivity contribution is 5.69. The molecule has 1 aromatic rings. The van der Waals surface area contributed by atoms with Crippen molar-refractivity contribution in [1.82, 2.24) is 4.90 Å². The zero-order valence-electron chi connectivity index (χ0n) is 12.2. The summed E-state index contributed by atoms with van der Waals surface area (Å²) in [6.45, 7) is 2.11. The van der Waals surface area contributed by atoms with E-state index in [4.69, 9.17) is 9.47 Å². The first-order valence-corrected chi connectivity index (χ1v) is 7.39. The van der Waals surface area contributed by atoms with Gasteiger partial charge in [0.2, 0.25) is 0 Å². The smallest absolute Gasteiger partial charge is 0.308 e. The maximum atomic E-state index is 13.8. The number of morpholine rings is 1. The van der Waals surface area contributed by atoms with Crippen LogP contribution in [0.15, 0.2) is 18.2 Å². The van der Waals surface area contributed by atoms with Crippen molar-refractivity contribution >= 4 is 5.97 Å². The number of methoxy groups -OCH3 is 1. The van der Waals surface area contributed by atoms with Gasteiger partial charge in [0, 0.05) is 19.1 Å². The van der Waals surface area contributed by atoms with E-state index in [1.54, 1.807) is 6.07 Å². The normalized spacial score (nSPS) is 25.6. The maximum absolute atomic E-state index is 13.8. The van der Waals surface area contributed by atoms with E-state index < -0.39 is 0 Å². The summed E-state index contributed by atoms with van der Waals surface area (Å²) in [5, 5.41) is 0. The number of hydrogen-bond donors (Lipinski definition) is 0. The standard InChI is InChI=1S/C16H20FNO3/c1-20-16(19)9-11-10-18(7-8-21-11)15-6-5-12-13(15)3-2-4-14(12)17/h2-4,11,15H,5-10H2,1H3/t11-,15+/m1/s1. The Morgan fingerprint density at radius 1 is 1.52 bits per heavy atom. The molecule has 1 fully saturated rings. The number of benzene rings is 1. The number of ether oxygens (including phenoxy) is 2. The van der Waals surface area contributed by atoms with Crippen LogP contribution in [0.3, 0.4) is 0 Å². The summed E-state index contributed by atoms with van der Waals surface area (Å²) < 4.78 is 24.2. The minimum absolute atomic E-state index is 0.102. The van der Waals surface area contributed by atoms with Gasteiger partial charge in [-0.2, -0.15) is 0 Å². The molecule has 1 aromatic carbocycles. The number of carbonyl (C=O) groups is 1. The van der Waals surface area contributed by atoms with Crippen molar-refractivity contribution in [3.8, 4) is 0 Å². The second kappa shape index (κ2) is 6.12. The summed E-state index contributed by atoms with van der Waals surface area (Å²) in [6, 6.07) is 5.56. The monoisotopic (exact) mass is 293 g/mol. The second-order valence-corrected chi connectivity index (χ2v) is 5.63. The minimum Gasteiger partial charge on any atom is -0.469 e. The molecule has 0 radical (unpaired) electrons. The van der Waals surface area contributed by atoms with Gasteiger partial charge in [-0.3, -0.25) is 9.69 Å². The largest absolute Gasteiger partial charge is 0.469 e. The third-order valence-corrected chi connectivity index (χ3v) is 4.41. The predicted molar refractivity (Wildman–Crippen MR) is 75.4 cm³/mol. The van der Waals surface area contributed by atoms with Gasteiger partial charge < -0.3 is 9.47 Å². The Morgan fingerprint density at radius 3 is 3.19 bits per heavy atom. The Bertz CT molecular complexity index is 534. The van der Waals surface area contributed by atoms with E-state index in [0.717, 1.165) is 30.5 Å². The van der Waals surface area contributed by atoms with E-state index >= 15 is 0 Å². The lowest BCUT2D eigenvalue weighted by molar-refractivity contribution is -0.146. The molecule has 1 aliphatic carbocycles. The molecule has 0 spiro atoms.